The zero-order valence-electron chi connectivity index (χ0n) is 23.9. The van der Waals surface area contributed by atoms with Gasteiger partial charge in [-0.05, 0) is 77.4 Å². The van der Waals surface area contributed by atoms with Crippen molar-refractivity contribution in [3.63, 3.8) is 0 Å². The number of rotatable bonds is 5. The summed E-state index contributed by atoms with van der Waals surface area (Å²) in [6.07, 6.45) is 4.33. The molecule has 2 heterocycles. The van der Waals surface area contributed by atoms with Crippen molar-refractivity contribution in [1.82, 2.24) is 0 Å². The third-order valence-corrected chi connectivity index (χ3v) is 14.3. The number of benzene rings is 2. The van der Waals surface area contributed by atoms with Gasteiger partial charge in [0.25, 0.3) is 8.32 Å². The minimum absolute atomic E-state index is 0.125. The first-order chi connectivity index (χ1) is 18.1. The first-order valence-corrected chi connectivity index (χ1v) is 16.3. The van der Waals surface area contributed by atoms with Gasteiger partial charge in [0.15, 0.2) is 0 Å². The Labute approximate surface area is 230 Å². The second kappa shape index (κ2) is 10.6. The van der Waals surface area contributed by atoms with Crippen LogP contribution in [0.3, 0.4) is 0 Å². The van der Waals surface area contributed by atoms with Crippen LogP contribution < -0.4 is 10.4 Å². The molecule has 1 N–H and O–H groups in total. The lowest BCUT2D eigenvalue weighted by atomic mass is 9.64. The fraction of sp³-hybridized carbons (Fsp3) is 0.471. The third-order valence-electron chi connectivity index (χ3n) is 9.21. The van der Waals surface area contributed by atoms with E-state index >= 15 is 0 Å². The Balaban J connectivity index is 1.67. The van der Waals surface area contributed by atoms with Crippen molar-refractivity contribution in [1.29, 1.82) is 0 Å². The molecule has 2 aromatic carbocycles. The standard InChI is InChI=1S/C34H44O3Si/c1-23(2)27-18-17-24(3)28-22-33(32-20-19-31(36-32)30(35)21-29(27)28)37-38(34(4,5)6,25-13-9-7-10-14-25)26-15-11-8-12-16-26/h7-17,19-20,23,27-30,33,35H,18,21-22H2,1-6H3/t27-,28+,29-,30-,33+/m1/s1. The lowest BCUT2D eigenvalue weighted by Gasteiger charge is -2.46. The molecule has 1 aliphatic carbocycles. The minimum Gasteiger partial charge on any atom is -0.461 e. The van der Waals surface area contributed by atoms with Gasteiger partial charge in [0.05, 0.1) is 0 Å². The molecule has 0 radical (unpaired) electrons. The third kappa shape index (κ3) is 4.87. The summed E-state index contributed by atoms with van der Waals surface area (Å²) in [4.78, 5) is 0. The van der Waals surface area contributed by atoms with Crippen molar-refractivity contribution >= 4 is 18.7 Å². The van der Waals surface area contributed by atoms with E-state index in [1.54, 1.807) is 0 Å². The van der Waals surface area contributed by atoms with Crippen LogP contribution in [0.2, 0.25) is 5.04 Å². The van der Waals surface area contributed by atoms with Crippen LogP contribution in [-0.2, 0) is 4.43 Å². The van der Waals surface area contributed by atoms with Gasteiger partial charge in [-0.2, -0.15) is 0 Å². The minimum atomic E-state index is -2.79. The van der Waals surface area contributed by atoms with E-state index in [4.69, 9.17) is 8.84 Å². The van der Waals surface area contributed by atoms with Crippen LogP contribution in [0.1, 0.15) is 84.5 Å². The molecule has 1 aromatic heterocycles. The van der Waals surface area contributed by atoms with Crippen LogP contribution in [-0.4, -0.2) is 13.4 Å². The molecule has 0 amide bonds. The van der Waals surface area contributed by atoms with Gasteiger partial charge in [0, 0.05) is 0 Å². The van der Waals surface area contributed by atoms with Gasteiger partial charge in [-0.3, -0.25) is 0 Å². The van der Waals surface area contributed by atoms with Crippen LogP contribution in [0.25, 0.3) is 0 Å². The number of allylic oxidation sites excluding steroid dienone is 2. The predicted octanol–water partition coefficient (Wildman–Crippen LogP) is 7.58. The Morgan fingerprint density at radius 3 is 2.00 bits per heavy atom. The van der Waals surface area contributed by atoms with Crippen molar-refractivity contribution in [3.05, 3.63) is 96.0 Å². The maximum absolute atomic E-state index is 11.3. The van der Waals surface area contributed by atoms with Crippen LogP contribution >= 0.6 is 0 Å². The normalized spacial score (nSPS) is 26.2. The fourth-order valence-electron chi connectivity index (χ4n) is 7.20. The zero-order valence-corrected chi connectivity index (χ0v) is 24.9. The monoisotopic (exact) mass is 528 g/mol. The molecule has 202 valence electrons. The van der Waals surface area contributed by atoms with Gasteiger partial charge in [0.1, 0.15) is 23.7 Å². The maximum atomic E-state index is 11.3. The molecule has 0 spiro atoms. The highest BCUT2D eigenvalue weighted by Crippen LogP contribution is 2.50. The molecule has 0 unspecified atom stereocenters. The van der Waals surface area contributed by atoms with E-state index in [0.29, 0.717) is 29.4 Å². The van der Waals surface area contributed by atoms with Gasteiger partial charge in [0.2, 0.25) is 0 Å². The summed E-state index contributed by atoms with van der Waals surface area (Å²) in [7, 11) is -2.79. The summed E-state index contributed by atoms with van der Waals surface area (Å²) >= 11 is 0. The van der Waals surface area contributed by atoms with Crippen molar-refractivity contribution < 1.29 is 13.9 Å². The highest BCUT2D eigenvalue weighted by molar-refractivity contribution is 6.99. The Bertz CT molecular complexity index is 1200. The SMILES string of the molecule is CC1=CC[C@H](C(C)C)[C@H]2C[C@@H](O)c3ccc(o3)[C@@H](O[Si](c3ccccc3)(c3ccccc3)C(C)(C)C)C[C@@H]12. The lowest BCUT2D eigenvalue weighted by Crippen LogP contribution is -2.67. The highest BCUT2D eigenvalue weighted by atomic mass is 28.4. The van der Waals surface area contributed by atoms with E-state index in [1.807, 2.05) is 12.1 Å². The Morgan fingerprint density at radius 2 is 1.45 bits per heavy atom. The van der Waals surface area contributed by atoms with Crippen LogP contribution in [0.5, 0.6) is 0 Å². The molecule has 38 heavy (non-hydrogen) atoms. The molecule has 5 atom stereocenters. The second-order valence-corrected chi connectivity index (χ2v) is 17.1. The molecule has 0 saturated carbocycles. The van der Waals surface area contributed by atoms with Gasteiger partial charge < -0.3 is 13.9 Å². The summed E-state index contributed by atoms with van der Waals surface area (Å²) < 4.78 is 14.1. The average Bonchev–Trinajstić information content (AvgIpc) is 3.40. The van der Waals surface area contributed by atoms with E-state index in [9.17, 15) is 5.11 Å². The fourth-order valence-corrected chi connectivity index (χ4v) is 11.9. The van der Waals surface area contributed by atoms with Crippen LogP contribution in [0, 0.1) is 23.7 Å². The number of aliphatic hydroxyl groups is 1. The van der Waals surface area contributed by atoms with E-state index < -0.39 is 14.4 Å². The van der Waals surface area contributed by atoms with Crippen molar-refractivity contribution in [2.45, 2.75) is 78.1 Å². The van der Waals surface area contributed by atoms with Crippen molar-refractivity contribution in [2.75, 3.05) is 0 Å². The van der Waals surface area contributed by atoms with Gasteiger partial charge >= 0.3 is 0 Å². The number of hydrogen-bond donors (Lipinski definition) is 1. The number of fused-ring (bicyclic) bond motifs is 3. The van der Waals surface area contributed by atoms with E-state index in [0.717, 1.165) is 25.0 Å². The molecule has 4 heteroatoms. The Kier molecular flexibility index (Phi) is 7.61. The summed E-state index contributed by atoms with van der Waals surface area (Å²) in [5, 5.41) is 13.7. The van der Waals surface area contributed by atoms with E-state index in [1.165, 1.54) is 15.9 Å². The lowest BCUT2D eigenvalue weighted by molar-refractivity contribution is 0.0631. The number of aliphatic hydroxyl groups excluding tert-OH is 1. The first-order valence-electron chi connectivity index (χ1n) is 14.3. The molecule has 2 aliphatic rings. The molecule has 2 bridgehead atoms. The molecule has 0 fully saturated rings. The Morgan fingerprint density at radius 1 is 0.868 bits per heavy atom. The number of hydrogen-bond acceptors (Lipinski definition) is 3. The summed E-state index contributed by atoms with van der Waals surface area (Å²) in [5.41, 5.74) is 1.43. The quantitative estimate of drug-likeness (QED) is 0.274. The maximum Gasteiger partial charge on any atom is 0.262 e. The summed E-state index contributed by atoms with van der Waals surface area (Å²) in [6, 6.07) is 25.7. The molecular weight excluding hydrogens is 484 g/mol. The van der Waals surface area contributed by atoms with Crippen molar-refractivity contribution in [2.24, 2.45) is 23.7 Å². The zero-order chi connectivity index (χ0) is 27.1. The van der Waals surface area contributed by atoms with Gasteiger partial charge in [-0.15, -0.1) is 0 Å². The van der Waals surface area contributed by atoms with Gasteiger partial charge in [-0.25, -0.2) is 0 Å². The van der Waals surface area contributed by atoms with E-state index in [2.05, 4.69) is 108 Å². The van der Waals surface area contributed by atoms with Crippen molar-refractivity contribution in [3.8, 4) is 0 Å². The highest BCUT2D eigenvalue weighted by Gasteiger charge is 2.53. The summed E-state index contributed by atoms with van der Waals surface area (Å²) in [5.74, 6) is 3.35. The molecule has 5 rings (SSSR count). The molecule has 3 aromatic rings. The first kappa shape index (κ1) is 27.2. The molecule has 3 nitrogen and oxygen atoms in total. The number of furan rings is 1. The molecule has 1 aliphatic heterocycles. The Hall–Kier alpha value is -2.40. The second-order valence-electron chi connectivity index (χ2n) is 12.9. The van der Waals surface area contributed by atoms with Crippen LogP contribution in [0.4, 0.5) is 0 Å². The predicted molar refractivity (Wildman–Crippen MR) is 158 cm³/mol. The average molecular weight is 529 g/mol. The smallest absolute Gasteiger partial charge is 0.262 e. The molecular formula is C34H44O3Si. The molecule has 0 saturated heterocycles. The van der Waals surface area contributed by atoms with Gasteiger partial charge in [-0.1, -0.05) is 107 Å². The van der Waals surface area contributed by atoms with E-state index in [-0.39, 0.29) is 11.1 Å². The largest absolute Gasteiger partial charge is 0.461 e. The summed E-state index contributed by atoms with van der Waals surface area (Å²) in [6.45, 7) is 13.9. The van der Waals surface area contributed by atoms with Crippen LogP contribution in [0.15, 0.2) is 88.9 Å². The topological polar surface area (TPSA) is 42.6 Å².